The largest absolute Gasteiger partial charge is 0.726 e. The Hall–Kier alpha value is 0.590. The van der Waals surface area contributed by atoms with Crippen molar-refractivity contribution in [3.8, 4) is 0 Å². The van der Waals surface area contributed by atoms with Gasteiger partial charge in [0.2, 0.25) is 6.49 Å². The van der Waals surface area contributed by atoms with E-state index in [1.54, 1.807) is 0 Å². The average Bonchev–Trinajstić information content (AvgIpc) is 1.59. The fourth-order valence-electron chi connectivity index (χ4n) is 0.0904. The SMILES string of the molecule is CP(O)(=S)OO[P+](=O)O. The molecular weight excluding hydrogens is 186 g/mol. The van der Waals surface area contributed by atoms with Gasteiger partial charge in [0.1, 0.15) is 0 Å². The summed E-state index contributed by atoms with van der Waals surface area (Å²) in [5.41, 5.74) is 0. The summed E-state index contributed by atoms with van der Waals surface area (Å²) in [7, 11) is -2.84. The molecule has 54 valence electrons. The van der Waals surface area contributed by atoms with Crippen molar-refractivity contribution >= 4 is 26.6 Å². The molecule has 5 nitrogen and oxygen atoms in total. The van der Waals surface area contributed by atoms with Crippen LogP contribution in [0.4, 0.5) is 0 Å². The third-order valence-electron chi connectivity index (χ3n) is 0.235. The normalized spacial score (nSPS) is 18.8. The first kappa shape index (κ1) is 9.59. The molecule has 0 rings (SSSR count). The second-order valence-corrected chi connectivity index (χ2v) is 5.60. The van der Waals surface area contributed by atoms with Gasteiger partial charge in [0.05, 0.1) is 4.67 Å². The zero-order chi connectivity index (χ0) is 7.49. The first-order valence-electron chi connectivity index (χ1n) is 1.74. The lowest BCUT2D eigenvalue weighted by Gasteiger charge is -1.98. The van der Waals surface area contributed by atoms with Crippen LogP contribution in [0.15, 0.2) is 0 Å². The predicted octanol–water partition coefficient (Wildman–Crippen LogP) is 0.516. The third kappa shape index (κ3) is 8.59. The Morgan fingerprint density at radius 2 is 2.22 bits per heavy atom. The van der Waals surface area contributed by atoms with Gasteiger partial charge in [0.15, 0.2) is 0 Å². The quantitative estimate of drug-likeness (QED) is 0.384. The maximum absolute atomic E-state index is 9.71. The zero-order valence-corrected chi connectivity index (χ0v) is 7.03. The second-order valence-electron chi connectivity index (χ2n) is 1.19. The summed E-state index contributed by atoms with van der Waals surface area (Å²) in [6, 6.07) is 0. The molecule has 0 aliphatic carbocycles. The topological polar surface area (TPSA) is 76.0 Å². The molecule has 9 heavy (non-hydrogen) atoms. The lowest BCUT2D eigenvalue weighted by atomic mass is 12.0. The molecule has 0 fully saturated rings. The molecule has 0 saturated heterocycles. The Kier molecular flexibility index (Phi) is 3.93. The molecule has 2 unspecified atom stereocenters. The van der Waals surface area contributed by atoms with Crippen molar-refractivity contribution in [2.75, 3.05) is 6.66 Å². The van der Waals surface area contributed by atoms with E-state index in [4.69, 9.17) is 9.79 Å². The van der Waals surface area contributed by atoms with Crippen molar-refractivity contribution in [1.29, 1.82) is 0 Å². The summed E-state index contributed by atoms with van der Waals surface area (Å²) in [5.74, 6) is 0. The van der Waals surface area contributed by atoms with E-state index in [2.05, 4.69) is 21.2 Å². The highest BCUT2D eigenvalue weighted by Crippen LogP contribution is 2.40. The minimum atomic E-state index is -2.95. The van der Waals surface area contributed by atoms with E-state index >= 15 is 0 Å². The molecular formula is CH5O5P2S+. The van der Waals surface area contributed by atoms with Gasteiger partial charge in [-0.05, 0) is 11.8 Å². The molecule has 8 heteroatoms. The molecule has 0 radical (unpaired) electrons. The smallest absolute Gasteiger partial charge is 0.343 e. The molecule has 0 heterocycles. The van der Waals surface area contributed by atoms with Crippen LogP contribution in [0.25, 0.3) is 0 Å². The van der Waals surface area contributed by atoms with Crippen molar-refractivity contribution < 1.29 is 23.7 Å². The van der Waals surface area contributed by atoms with Crippen LogP contribution < -0.4 is 0 Å². The Morgan fingerprint density at radius 3 is 2.33 bits per heavy atom. The van der Waals surface area contributed by atoms with Gasteiger partial charge in [-0.15, -0.1) is 9.57 Å². The van der Waals surface area contributed by atoms with Crippen LogP contribution in [-0.4, -0.2) is 16.5 Å². The van der Waals surface area contributed by atoms with E-state index in [0.717, 1.165) is 0 Å². The highest BCUT2D eigenvalue weighted by atomic mass is 32.5. The van der Waals surface area contributed by atoms with E-state index in [-0.39, 0.29) is 0 Å². The fourth-order valence-corrected chi connectivity index (χ4v) is 1.06. The summed E-state index contributed by atoms with van der Waals surface area (Å²) in [4.78, 5) is 16.5. The summed E-state index contributed by atoms with van der Waals surface area (Å²) in [5, 5.41) is 0. The monoisotopic (exact) mass is 191 g/mol. The minimum absolute atomic E-state index is 1.20. The molecule has 2 N–H and O–H groups in total. The Labute approximate surface area is 57.7 Å². The van der Waals surface area contributed by atoms with Gasteiger partial charge in [-0.3, -0.25) is 0 Å². The van der Waals surface area contributed by atoms with E-state index in [0.29, 0.717) is 0 Å². The molecule has 0 aromatic heterocycles. The highest BCUT2D eigenvalue weighted by Gasteiger charge is 2.19. The van der Waals surface area contributed by atoms with Gasteiger partial charge >= 0.3 is 8.25 Å². The molecule has 0 aliphatic rings. The average molecular weight is 191 g/mol. The lowest BCUT2D eigenvalue weighted by molar-refractivity contribution is -0.0995. The van der Waals surface area contributed by atoms with Crippen LogP contribution in [0.3, 0.4) is 0 Å². The third-order valence-corrected chi connectivity index (χ3v) is 1.09. The summed E-state index contributed by atoms with van der Waals surface area (Å²) in [6.45, 7) is -1.76. The summed E-state index contributed by atoms with van der Waals surface area (Å²) < 4.78 is 17.3. The summed E-state index contributed by atoms with van der Waals surface area (Å²) >= 11 is 4.28. The Balaban J connectivity index is 3.53. The molecule has 2 atom stereocenters. The van der Waals surface area contributed by atoms with Crippen LogP contribution in [0.5, 0.6) is 0 Å². The first-order valence-corrected chi connectivity index (χ1v) is 5.99. The molecule has 0 bridgehead atoms. The van der Waals surface area contributed by atoms with Crippen molar-refractivity contribution in [2.45, 2.75) is 0 Å². The van der Waals surface area contributed by atoms with Gasteiger partial charge in [0.25, 0.3) is 0 Å². The summed E-state index contributed by atoms with van der Waals surface area (Å²) in [6.07, 6.45) is 0. The van der Waals surface area contributed by atoms with Crippen LogP contribution in [-0.2, 0) is 25.7 Å². The number of hydrogen-bond acceptors (Lipinski definition) is 4. The minimum Gasteiger partial charge on any atom is -0.343 e. The van der Waals surface area contributed by atoms with E-state index in [1.807, 2.05) is 0 Å². The molecule has 0 amide bonds. The Morgan fingerprint density at radius 1 is 1.78 bits per heavy atom. The Bertz CT molecular complexity index is 149. The number of rotatable bonds is 3. The molecule has 0 aromatic rings. The van der Waals surface area contributed by atoms with Gasteiger partial charge in [-0.25, -0.2) is 0 Å². The van der Waals surface area contributed by atoms with Gasteiger partial charge in [0, 0.05) is 11.2 Å². The van der Waals surface area contributed by atoms with Gasteiger partial charge in [-0.1, -0.05) is 0 Å². The molecule has 0 spiro atoms. The van der Waals surface area contributed by atoms with Gasteiger partial charge in [-0.2, -0.15) is 0 Å². The van der Waals surface area contributed by atoms with Crippen LogP contribution in [0.2, 0.25) is 0 Å². The molecule has 0 aromatic carbocycles. The lowest BCUT2D eigenvalue weighted by Crippen LogP contribution is -1.81. The van der Waals surface area contributed by atoms with Crippen LogP contribution >= 0.6 is 14.7 Å². The molecule has 0 saturated carbocycles. The maximum Gasteiger partial charge on any atom is 0.726 e. The van der Waals surface area contributed by atoms with Crippen molar-refractivity contribution in [3.05, 3.63) is 0 Å². The number of hydrogen-bond donors (Lipinski definition) is 2. The van der Waals surface area contributed by atoms with Crippen LogP contribution in [0.1, 0.15) is 0 Å². The first-order chi connectivity index (χ1) is 3.92. The zero-order valence-electron chi connectivity index (χ0n) is 4.42. The van der Waals surface area contributed by atoms with E-state index in [9.17, 15) is 4.57 Å². The van der Waals surface area contributed by atoms with Gasteiger partial charge < -0.3 is 4.89 Å². The predicted molar refractivity (Wildman–Crippen MR) is 34.4 cm³/mol. The van der Waals surface area contributed by atoms with Crippen molar-refractivity contribution in [1.82, 2.24) is 0 Å². The van der Waals surface area contributed by atoms with E-state index in [1.165, 1.54) is 6.66 Å². The second kappa shape index (κ2) is 3.68. The molecule has 0 aliphatic heterocycles. The fraction of sp³-hybridized carbons (Fsp3) is 1.00. The van der Waals surface area contributed by atoms with Crippen LogP contribution in [0, 0.1) is 0 Å². The standard InChI is InChI=1S/CH4O5P2S/c1-8(4,9)6-5-7(2)3/h1H3,(H-,2,3,4,9)/p+1. The highest BCUT2D eigenvalue weighted by molar-refractivity contribution is 8.09. The van der Waals surface area contributed by atoms with E-state index < -0.39 is 14.7 Å². The van der Waals surface area contributed by atoms with Crippen molar-refractivity contribution in [2.24, 2.45) is 0 Å². The van der Waals surface area contributed by atoms with Crippen molar-refractivity contribution in [3.63, 3.8) is 0 Å². The maximum atomic E-state index is 9.71.